The van der Waals surface area contributed by atoms with E-state index in [1.807, 2.05) is 0 Å². The Hall–Kier alpha value is -0.123. The predicted molar refractivity (Wildman–Crippen MR) is 92.0 cm³/mol. The molecule has 2 aromatic carbocycles. The molecular weight excluding hydrogens is 541 g/mol. The van der Waals surface area contributed by atoms with Gasteiger partial charge in [0.2, 0.25) is 0 Å². The van der Waals surface area contributed by atoms with Crippen molar-refractivity contribution in [3.8, 4) is 11.1 Å². The number of hydrogen-bond donors (Lipinski definition) is 0. The topological polar surface area (TPSA) is 0 Å². The maximum Gasteiger partial charge on any atom is 0.196 e. The van der Waals surface area contributed by atoms with Crippen LogP contribution in [0, 0.1) is 0 Å². The maximum absolute atomic E-state index is 6.79. The van der Waals surface area contributed by atoms with Crippen molar-refractivity contribution >= 4 is 19.2 Å². The fourth-order valence-corrected chi connectivity index (χ4v) is 6.00. The first-order chi connectivity index (χ1) is 10.3. The van der Waals surface area contributed by atoms with Crippen molar-refractivity contribution in [2.24, 2.45) is 0 Å². The number of allylic oxidation sites excluding steroid dienone is 4. The van der Waals surface area contributed by atoms with Gasteiger partial charge < -0.3 is 24.8 Å². The van der Waals surface area contributed by atoms with Crippen molar-refractivity contribution < 1.29 is 50.7 Å². The zero-order valence-electron chi connectivity index (χ0n) is 13.0. The van der Waals surface area contributed by atoms with Gasteiger partial charge in [-0.1, -0.05) is 72.0 Å². The van der Waals surface area contributed by atoms with Crippen LogP contribution in [0.4, 0.5) is 0 Å². The smallest absolute Gasteiger partial charge is 0.196 e. The van der Waals surface area contributed by atoms with Crippen LogP contribution in [-0.4, -0.2) is 8.11 Å². The average molecular weight is 557 g/mol. The Balaban J connectivity index is 0.000000960. The number of halogens is 3. The Labute approximate surface area is 181 Å². The van der Waals surface area contributed by atoms with E-state index in [0.29, 0.717) is 5.92 Å². The molecule has 0 aromatic heterocycles. The third-order valence-electron chi connectivity index (χ3n) is 4.47. The van der Waals surface area contributed by atoms with Crippen molar-refractivity contribution in [2.75, 3.05) is 0 Å². The SMILES string of the molecule is Cl[Si](CC1c2ccccc2-c2ccccc21)C1=CC=CC1.[Cl-].[Cl-].[Hf]. The summed E-state index contributed by atoms with van der Waals surface area (Å²) in [5.41, 5.74) is 5.69. The summed E-state index contributed by atoms with van der Waals surface area (Å²) in [7, 11) is -0.963. The largest absolute Gasteiger partial charge is 1.00 e. The van der Waals surface area contributed by atoms with Crippen LogP contribution in [0.2, 0.25) is 6.04 Å². The standard InChI is InChI=1S/C19H16ClSi.2ClH.Hf/c20-21(14-7-1-2-8-14)13-19-17-11-5-3-9-15(17)16-10-4-6-12-18(16)19;;;/h1-7,9-12,19H,8,13H2;2*1H;/p-2. The second-order valence-electron chi connectivity index (χ2n) is 5.66. The normalized spacial score (nSPS) is 14.2. The Morgan fingerprint density at radius 2 is 1.46 bits per heavy atom. The summed E-state index contributed by atoms with van der Waals surface area (Å²) in [4.78, 5) is 0. The van der Waals surface area contributed by atoms with E-state index >= 15 is 0 Å². The molecule has 0 spiro atoms. The van der Waals surface area contributed by atoms with E-state index in [2.05, 4.69) is 66.8 Å². The molecule has 0 saturated heterocycles. The van der Waals surface area contributed by atoms with Crippen molar-refractivity contribution in [2.45, 2.75) is 18.4 Å². The van der Waals surface area contributed by atoms with Crippen molar-refractivity contribution in [1.29, 1.82) is 0 Å². The minimum absolute atomic E-state index is 0. The molecule has 0 atom stereocenters. The molecule has 1 radical (unpaired) electrons. The fraction of sp³-hybridized carbons (Fsp3) is 0.158. The third-order valence-corrected chi connectivity index (χ3v) is 7.49. The molecule has 0 bridgehead atoms. The fourth-order valence-electron chi connectivity index (χ4n) is 3.44. The number of hydrogen-bond acceptors (Lipinski definition) is 0. The number of fused-ring (bicyclic) bond motifs is 3. The van der Waals surface area contributed by atoms with E-state index in [-0.39, 0.29) is 50.7 Å². The Morgan fingerprint density at radius 3 is 1.96 bits per heavy atom. The van der Waals surface area contributed by atoms with E-state index in [0.717, 1.165) is 12.5 Å². The molecule has 2 aliphatic carbocycles. The van der Waals surface area contributed by atoms with Crippen molar-refractivity contribution in [3.63, 3.8) is 0 Å². The monoisotopic (exact) mass is 557 g/mol. The summed E-state index contributed by atoms with van der Waals surface area (Å²) in [6.45, 7) is 0. The van der Waals surface area contributed by atoms with Gasteiger partial charge in [0.1, 0.15) is 0 Å². The Bertz CT molecular complexity index is 712. The molecule has 0 unspecified atom stereocenters. The number of rotatable bonds is 3. The van der Waals surface area contributed by atoms with Gasteiger partial charge in [-0.3, -0.25) is 0 Å². The van der Waals surface area contributed by atoms with Crippen molar-refractivity contribution in [1.82, 2.24) is 0 Å². The van der Waals surface area contributed by atoms with Gasteiger partial charge in [0.15, 0.2) is 8.11 Å². The molecule has 123 valence electrons. The van der Waals surface area contributed by atoms with Gasteiger partial charge in [0, 0.05) is 31.8 Å². The van der Waals surface area contributed by atoms with E-state index in [1.165, 1.54) is 27.5 Å². The molecule has 0 amide bonds. The molecule has 0 heterocycles. The van der Waals surface area contributed by atoms with E-state index in [1.54, 1.807) is 0 Å². The molecule has 24 heavy (non-hydrogen) atoms. The first kappa shape index (κ1) is 21.9. The molecule has 2 aliphatic rings. The summed E-state index contributed by atoms with van der Waals surface area (Å²) in [5.74, 6) is 0.463. The van der Waals surface area contributed by atoms with Gasteiger partial charge in [-0.15, -0.1) is 0 Å². The van der Waals surface area contributed by atoms with Gasteiger partial charge in [-0.05, 0) is 34.7 Å². The molecule has 0 aliphatic heterocycles. The van der Waals surface area contributed by atoms with Crippen LogP contribution in [0.15, 0.2) is 72.0 Å². The van der Waals surface area contributed by atoms with Gasteiger partial charge in [0.05, 0.1) is 0 Å². The van der Waals surface area contributed by atoms with Gasteiger partial charge >= 0.3 is 0 Å². The van der Waals surface area contributed by atoms with Crippen LogP contribution in [0.3, 0.4) is 0 Å². The molecule has 4 rings (SSSR count). The summed E-state index contributed by atoms with van der Waals surface area (Å²) in [6, 6.07) is 18.7. The molecule has 2 aromatic rings. The molecule has 5 heteroatoms. The van der Waals surface area contributed by atoms with Crippen LogP contribution in [-0.2, 0) is 25.8 Å². The summed E-state index contributed by atoms with van der Waals surface area (Å²) in [5, 5.41) is 1.45. The number of benzene rings is 2. The summed E-state index contributed by atoms with van der Waals surface area (Å²) >= 11 is 6.79. The van der Waals surface area contributed by atoms with Gasteiger partial charge in [-0.25, -0.2) is 0 Å². The zero-order valence-corrected chi connectivity index (χ0v) is 19.8. The predicted octanol–water partition coefficient (Wildman–Crippen LogP) is -0.540. The van der Waals surface area contributed by atoms with Crippen molar-refractivity contribution in [3.05, 3.63) is 83.1 Å². The average Bonchev–Trinajstić information content (AvgIpc) is 3.15. The van der Waals surface area contributed by atoms with E-state index in [4.69, 9.17) is 11.1 Å². The molecule has 0 N–H and O–H groups in total. The zero-order chi connectivity index (χ0) is 14.2. The Kier molecular flexibility index (Phi) is 8.71. The van der Waals surface area contributed by atoms with E-state index in [9.17, 15) is 0 Å². The van der Waals surface area contributed by atoms with Gasteiger partial charge in [-0.2, -0.15) is 11.1 Å². The molecular formula is C19H16Cl3HfSi-2. The second-order valence-corrected chi connectivity index (χ2v) is 8.89. The quantitative estimate of drug-likeness (QED) is 0.352. The maximum atomic E-state index is 6.79. The minimum Gasteiger partial charge on any atom is -1.00 e. The van der Waals surface area contributed by atoms with Crippen LogP contribution < -0.4 is 24.8 Å². The van der Waals surface area contributed by atoms with Crippen LogP contribution in [0.1, 0.15) is 23.5 Å². The summed E-state index contributed by atoms with van der Waals surface area (Å²) < 4.78 is 0. The first-order valence-corrected chi connectivity index (χ1v) is 10.1. The van der Waals surface area contributed by atoms with Crippen LogP contribution in [0.25, 0.3) is 11.1 Å². The first-order valence-electron chi connectivity index (χ1n) is 7.40. The summed E-state index contributed by atoms with van der Waals surface area (Å²) in [6.07, 6.45) is 7.61. The molecule has 0 fully saturated rings. The van der Waals surface area contributed by atoms with E-state index < -0.39 is 8.11 Å². The minimum atomic E-state index is -0.963. The third kappa shape index (κ3) is 3.99. The van der Waals surface area contributed by atoms with Crippen LogP contribution >= 0.6 is 11.1 Å². The Morgan fingerprint density at radius 1 is 0.917 bits per heavy atom. The molecule has 0 nitrogen and oxygen atoms in total. The van der Waals surface area contributed by atoms with Gasteiger partial charge in [0.25, 0.3) is 0 Å². The second kappa shape index (κ2) is 9.54. The molecule has 0 saturated carbocycles. The van der Waals surface area contributed by atoms with Crippen LogP contribution in [0.5, 0.6) is 0 Å².